The van der Waals surface area contributed by atoms with Crippen molar-refractivity contribution in [2.45, 2.75) is 20.8 Å². The fourth-order valence-corrected chi connectivity index (χ4v) is 2.85. The number of carbonyl (C=O) groups excluding carboxylic acids is 3. The molecule has 2 aromatic rings. The number of rotatable bonds is 4. The largest absolute Gasteiger partial charge is 0.494 e. The predicted molar refractivity (Wildman–Crippen MR) is 103 cm³/mol. The van der Waals surface area contributed by atoms with Crippen LogP contribution in [0.3, 0.4) is 0 Å². The number of hydrogen-bond acceptors (Lipinski definition) is 4. The number of carbonyl (C=O) groups is 3. The van der Waals surface area contributed by atoms with Crippen LogP contribution >= 0.6 is 0 Å². The van der Waals surface area contributed by atoms with E-state index in [-0.39, 0.29) is 5.57 Å². The summed E-state index contributed by atoms with van der Waals surface area (Å²) in [4.78, 5) is 38.5. The first kappa shape index (κ1) is 18.4. The van der Waals surface area contributed by atoms with Gasteiger partial charge in [-0.2, -0.15) is 0 Å². The third-order valence-electron chi connectivity index (χ3n) is 4.42. The summed E-state index contributed by atoms with van der Waals surface area (Å²) in [6, 6.07) is 11.6. The Labute approximate surface area is 157 Å². The van der Waals surface area contributed by atoms with Gasteiger partial charge in [-0.1, -0.05) is 24.3 Å². The highest BCUT2D eigenvalue weighted by atomic mass is 16.5. The molecular weight excluding hydrogens is 344 g/mol. The molecule has 0 aliphatic carbocycles. The zero-order valence-electron chi connectivity index (χ0n) is 15.4. The van der Waals surface area contributed by atoms with Gasteiger partial charge in [-0.05, 0) is 61.7 Å². The smallest absolute Gasteiger partial charge is 0.335 e. The molecule has 0 bridgehead atoms. The van der Waals surface area contributed by atoms with E-state index in [2.05, 4.69) is 5.32 Å². The van der Waals surface area contributed by atoms with Gasteiger partial charge in [0, 0.05) is 0 Å². The highest BCUT2D eigenvalue weighted by molar-refractivity contribution is 6.39. The summed E-state index contributed by atoms with van der Waals surface area (Å²) < 4.78 is 5.39. The molecule has 0 spiro atoms. The average molecular weight is 364 g/mol. The molecule has 0 atom stereocenters. The van der Waals surface area contributed by atoms with E-state index in [9.17, 15) is 14.4 Å². The molecule has 1 aliphatic heterocycles. The molecule has 0 radical (unpaired) electrons. The van der Waals surface area contributed by atoms with E-state index in [1.807, 2.05) is 26.8 Å². The molecule has 4 amide bonds. The summed E-state index contributed by atoms with van der Waals surface area (Å²) in [5.41, 5.74) is 2.77. The molecule has 1 aliphatic rings. The van der Waals surface area contributed by atoms with Gasteiger partial charge >= 0.3 is 6.03 Å². The van der Waals surface area contributed by atoms with Crippen molar-refractivity contribution in [3.8, 4) is 5.75 Å². The minimum Gasteiger partial charge on any atom is -0.494 e. The van der Waals surface area contributed by atoms with Crippen molar-refractivity contribution in [3.05, 3.63) is 64.7 Å². The van der Waals surface area contributed by atoms with Crippen molar-refractivity contribution >= 4 is 29.6 Å². The van der Waals surface area contributed by atoms with Gasteiger partial charge in [0.2, 0.25) is 0 Å². The summed E-state index contributed by atoms with van der Waals surface area (Å²) in [7, 11) is 0. The maximum absolute atomic E-state index is 12.9. The van der Waals surface area contributed by atoms with E-state index in [0.717, 1.165) is 16.0 Å². The SMILES string of the molecule is CCOc1ccc(/C=C2\C(=O)NC(=O)N(c3cccc(C)c3C)C2=O)cc1. The molecular formula is C21H20N2O4. The van der Waals surface area contributed by atoms with E-state index >= 15 is 0 Å². The molecule has 1 fully saturated rings. The van der Waals surface area contributed by atoms with Gasteiger partial charge in [0.05, 0.1) is 12.3 Å². The maximum Gasteiger partial charge on any atom is 0.335 e. The lowest BCUT2D eigenvalue weighted by Gasteiger charge is -2.28. The van der Waals surface area contributed by atoms with Gasteiger partial charge in [-0.15, -0.1) is 0 Å². The van der Waals surface area contributed by atoms with Gasteiger partial charge in [-0.3, -0.25) is 14.9 Å². The van der Waals surface area contributed by atoms with Crippen LogP contribution in [0.15, 0.2) is 48.0 Å². The highest BCUT2D eigenvalue weighted by Crippen LogP contribution is 2.27. The zero-order chi connectivity index (χ0) is 19.6. The number of imide groups is 2. The Morgan fingerprint density at radius 3 is 2.41 bits per heavy atom. The van der Waals surface area contributed by atoms with Crippen LogP contribution in [-0.2, 0) is 9.59 Å². The summed E-state index contributed by atoms with van der Waals surface area (Å²) in [6.45, 7) is 6.17. The van der Waals surface area contributed by atoms with Gasteiger partial charge in [0.25, 0.3) is 11.8 Å². The molecule has 6 heteroatoms. The fourth-order valence-electron chi connectivity index (χ4n) is 2.85. The third-order valence-corrected chi connectivity index (χ3v) is 4.42. The normalized spacial score (nSPS) is 15.9. The Morgan fingerprint density at radius 1 is 1.04 bits per heavy atom. The second-order valence-electron chi connectivity index (χ2n) is 6.18. The Kier molecular flexibility index (Phi) is 5.07. The van der Waals surface area contributed by atoms with Crippen molar-refractivity contribution in [1.29, 1.82) is 0 Å². The zero-order valence-corrected chi connectivity index (χ0v) is 15.4. The van der Waals surface area contributed by atoms with E-state index in [1.54, 1.807) is 36.4 Å². The van der Waals surface area contributed by atoms with E-state index < -0.39 is 17.8 Å². The first-order chi connectivity index (χ1) is 12.9. The van der Waals surface area contributed by atoms with Crippen molar-refractivity contribution < 1.29 is 19.1 Å². The Balaban J connectivity index is 1.98. The van der Waals surface area contributed by atoms with Crippen LogP contribution in [0, 0.1) is 13.8 Å². The maximum atomic E-state index is 12.9. The van der Waals surface area contributed by atoms with Crippen molar-refractivity contribution in [2.75, 3.05) is 11.5 Å². The molecule has 3 rings (SSSR count). The second kappa shape index (κ2) is 7.45. The average Bonchev–Trinajstić information content (AvgIpc) is 2.63. The lowest BCUT2D eigenvalue weighted by Crippen LogP contribution is -2.54. The fraction of sp³-hybridized carbons (Fsp3) is 0.190. The van der Waals surface area contributed by atoms with Gasteiger partial charge < -0.3 is 4.74 Å². The predicted octanol–water partition coefficient (Wildman–Crippen LogP) is 3.37. The van der Waals surface area contributed by atoms with Gasteiger partial charge in [-0.25, -0.2) is 9.69 Å². The number of aryl methyl sites for hydroxylation is 1. The number of hydrogen-bond donors (Lipinski definition) is 1. The second-order valence-corrected chi connectivity index (χ2v) is 6.18. The van der Waals surface area contributed by atoms with Crippen LogP contribution in [-0.4, -0.2) is 24.5 Å². The van der Waals surface area contributed by atoms with Gasteiger partial charge in [0.1, 0.15) is 11.3 Å². The van der Waals surface area contributed by atoms with Crippen LogP contribution < -0.4 is 15.0 Å². The summed E-state index contributed by atoms with van der Waals surface area (Å²) in [5.74, 6) is -0.655. The minimum atomic E-state index is -0.748. The molecule has 0 aromatic heterocycles. The number of anilines is 1. The van der Waals surface area contributed by atoms with Crippen LogP contribution in [0.25, 0.3) is 6.08 Å². The molecule has 27 heavy (non-hydrogen) atoms. The van der Waals surface area contributed by atoms with Crippen molar-refractivity contribution in [1.82, 2.24) is 5.32 Å². The third kappa shape index (κ3) is 3.60. The van der Waals surface area contributed by atoms with E-state index in [1.165, 1.54) is 6.08 Å². The minimum absolute atomic E-state index is 0.0975. The number of barbiturate groups is 1. The Hall–Kier alpha value is -3.41. The molecule has 2 aromatic carbocycles. The van der Waals surface area contributed by atoms with Crippen molar-refractivity contribution in [3.63, 3.8) is 0 Å². The van der Waals surface area contributed by atoms with E-state index in [4.69, 9.17) is 4.74 Å². The highest BCUT2D eigenvalue weighted by Gasteiger charge is 2.37. The summed E-state index contributed by atoms with van der Waals surface area (Å²) in [6.07, 6.45) is 1.47. The summed E-state index contributed by atoms with van der Waals surface area (Å²) >= 11 is 0. The number of nitrogens with zero attached hydrogens (tertiary/aromatic N) is 1. The topological polar surface area (TPSA) is 75.7 Å². The van der Waals surface area contributed by atoms with Crippen molar-refractivity contribution in [2.24, 2.45) is 0 Å². The molecule has 138 valence electrons. The Bertz CT molecular complexity index is 945. The molecule has 0 saturated carbocycles. The number of urea groups is 1. The number of benzene rings is 2. The first-order valence-corrected chi connectivity index (χ1v) is 8.63. The van der Waals surface area contributed by atoms with Crippen LogP contribution in [0.2, 0.25) is 0 Å². The molecule has 1 N–H and O–H groups in total. The van der Waals surface area contributed by atoms with Crippen LogP contribution in [0.1, 0.15) is 23.6 Å². The summed E-state index contributed by atoms with van der Waals surface area (Å²) in [5, 5.41) is 2.24. The molecule has 0 unspecified atom stereocenters. The quantitative estimate of drug-likeness (QED) is 0.667. The number of nitrogens with one attached hydrogen (secondary N) is 1. The molecule has 1 saturated heterocycles. The van der Waals surface area contributed by atoms with Crippen LogP contribution in [0.5, 0.6) is 5.75 Å². The molecule has 1 heterocycles. The first-order valence-electron chi connectivity index (χ1n) is 8.63. The monoisotopic (exact) mass is 364 g/mol. The van der Waals surface area contributed by atoms with Gasteiger partial charge in [0.15, 0.2) is 0 Å². The van der Waals surface area contributed by atoms with E-state index in [0.29, 0.717) is 23.6 Å². The lowest BCUT2D eigenvalue weighted by molar-refractivity contribution is -0.122. The lowest BCUT2D eigenvalue weighted by atomic mass is 10.0. The number of ether oxygens (including phenoxy) is 1. The standard InChI is InChI=1S/C21H20N2O4/c1-4-27-16-10-8-15(9-11-16)12-17-19(24)22-21(26)23(20(17)25)18-7-5-6-13(2)14(18)3/h5-12H,4H2,1-3H3,(H,22,24,26)/b17-12+. The Morgan fingerprint density at radius 2 is 1.74 bits per heavy atom. The number of amides is 4. The molecule has 6 nitrogen and oxygen atoms in total. The van der Waals surface area contributed by atoms with Crippen LogP contribution in [0.4, 0.5) is 10.5 Å².